The highest BCUT2D eigenvalue weighted by atomic mass is 16.2. The number of carbonyl (C=O) groups is 1. The van der Waals surface area contributed by atoms with Gasteiger partial charge in [-0.3, -0.25) is 4.79 Å². The summed E-state index contributed by atoms with van der Waals surface area (Å²) in [6.45, 7) is 12.4. The first kappa shape index (κ1) is 16.3. The molecule has 1 atom stereocenters. The number of piperidine rings is 2. The van der Waals surface area contributed by atoms with Crippen LogP contribution in [0, 0.1) is 17.3 Å². The molecule has 3 heterocycles. The van der Waals surface area contributed by atoms with E-state index in [0.29, 0.717) is 17.2 Å². The zero-order valence-electron chi connectivity index (χ0n) is 14.4. The van der Waals surface area contributed by atoms with Gasteiger partial charge in [-0.05, 0) is 63.1 Å². The zero-order valence-corrected chi connectivity index (χ0v) is 14.4. The van der Waals surface area contributed by atoms with Crippen molar-refractivity contribution in [3.05, 3.63) is 0 Å². The van der Waals surface area contributed by atoms with E-state index >= 15 is 0 Å². The lowest BCUT2D eigenvalue weighted by Crippen LogP contribution is -2.47. The molecule has 1 unspecified atom stereocenters. The summed E-state index contributed by atoms with van der Waals surface area (Å²) in [5.74, 6) is 1.53. The first-order valence-corrected chi connectivity index (χ1v) is 9.28. The average molecular weight is 307 g/mol. The van der Waals surface area contributed by atoms with Crippen molar-refractivity contribution in [3.63, 3.8) is 0 Å². The molecule has 22 heavy (non-hydrogen) atoms. The van der Waals surface area contributed by atoms with E-state index in [1.165, 1.54) is 32.4 Å². The monoisotopic (exact) mass is 307 g/mol. The molecule has 3 fully saturated rings. The number of nitrogens with one attached hydrogen (secondary N) is 1. The van der Waals surface area contributed by atoms with E-state index in [2.05, 4.69) is 29.0 Å². The molecule has 0 aromatic rings. The van der Waals surface area contributed by atoms with Gasteiger partial charge in [-0.2, -0.15) is 0 Å². The van der Waals surface area contributed by atoms with Crippen LogP contribution in [0.15, 0.2) is 0 Å². The van der Waals surface area contributed by atoms with Gasteiger partial charge < -0.3 is 15.1 Å². The summed E-state index contributed by atoms with van der Waals surface area (Å²) < 4.78 is 0. The van der Waals surface area contributed by atoms with Gasteiger partial charge in [-0.25, -0.2) is 0 Å². The Kier molecular flexibility index (Phi) is 5.08. The number of likely N-dealkylation sites (tertiary alicyclic amines) is 2. The van der Waals surface area contributed by atoms with E-state index in [9.17, 15) is 4.79 Å². The van der Waals surface area contributed by atoms with Gasteiger partial charge in [0.15, 0.2) is 0 Å². The van der Waals surface area contributed by atoms with Crippen molar-refractivity contribution >= 4 is 5.91 Å². The van der Waals surface area contributed by atoms with E-state index in [4.69, 9.17) is 0 Å². The number of amides is 1. The Morgan fingerprint density at radius 3 is 2.41 bits per heavy atom. The summed E-state index contributed by atoms with van der Waals surface area (Å²) in [7, 11) is 0. The summed E-state index contributed by atoms with van der Waals surface area (Å²) in [5.41, 5.74) is 0.444. The minimum atomic E-state index is 0.291. The van der Waals surface area contributed by atoms with Crippen molar-refractivity contribution in [3.8, 4) is 0 Å². The molecule has 3 aliphatic rings. The highest BCUT2D eigenvalue weighted by molar-refractivity contribution is 5.79. The molecule has 1 N–H and O–H groups in total. The van der Waals surface area contributed by atoms with Crippen molar-refractivity contribution in [1.82, 2.24) is 15.1 Å². The molecule has 0 saturated carbocycles. The quantitative estimate of drug-likeness (QED) is 0.866. The fourth-order valence-corrected chi connectivity index (χ4v) is 4.37. The first-order valence-electron chi connectivity index (χ1n) is 9.28. The molecule has 0 spiro atoms. The Bertz CT molecular complexity index is 376. The third kappa shape index (κ3) is 3.83. The fourth-order valence-electron chi connectivity index (χ4n) is 4.37. The standard InChI is InChI=1S/C18H33N3O/c1-15-3-11-21(12-4-15)17(22)16-5-9-20(10-6-16)14-18(2)7-8-19-13-18/h15-16,19H,3-14H2,1-2H3. The third-order valence-corrected chi connectivity index (χ3v) is 6.09. The van der Waals surface area contributed by atoms with Crippen molar-refractivity contribution < 1.29 is 4.79 Å². The Hall–Kier alpha value is -0.610. The van der Waals surface area contributed by atoms with Gasteiger partial charge in [0.25, 0.3) is 0 Å². The summed E-state index contributed by atoms with van der Waals surface area (Å²) >= 11 is 0. The minimum absolute atomic E-state index is 0.291. The number of carbonyl (C=O) groups excluding carboxylic acids is 1. The molecule has 126 valence electrons. The normalized spacial score (nSPS) is 32.5. The van der Waals surface area contributed by atoms with Gasteiger partial charge >= 0.3 is 0 Å². The average Bonchev–Trinajstić information content (AvgIpc) is 2.94. The van der Waals surface area contributed by atoms with Crippen molar-refractivity contribution in [2.24, 2.45) is 17.3 Å². The smallest absolute Gasteiger partial charge is 0.225 e. The molecule has 0 aliphatic carbocycles. The molecule has 3 saturated heterocycles. The van der Waals surface area contributed by atoms with Crippen LogP contribution < -0.4 is 5.32 Å². The van der Waals surface area contributed by atoms with Gasteiger partial charge in [0.05, 0.1) is 0 Å². The lowest BCUT2D eigenvalue weighted by atomic mass is 9.87. The maximum atomic E-state index is 12.7. The number of hydrogen-bond acceptors (Lipinski definition) is 3. The summed E-state index contributed by atoms with van der Waals surface area (Å²) in [6.07, 6.45) is 5.80. The zero-order chi connectivity index (χ0) is 15.6. The third-order valence-electron chi connectivity index (χ3n) is 6.09. The van der Waals surface area contributed by atoms with Crippen LogP contribution in [0.1, 0.15) is 46.0 Å². The van der Waals surface area contributed by atoms with E-state index in [1.807, 2.05) is 0 Å². The second-order valence-corrected chi connectivity index (χ2v) is 8.30. The first-order chi connectivity index (χ1) is 10.6. The van der Waals surface area contributed by atoms with E-state index in [0.717, 1.165) is 51.5 Å². The second-order valence-electron chi connectivity index (χ2n) is 8.30. The van der Waals surface area contributed by atoms with Gasteiger partial charge in [-0.15, -0.1) is 0 Å². The Morgan fingerprint density at radius 2 is 1.82 bits per heavy atom. The van der Waals surface area contributed by atoms with Crippen LogP contribution in [0.4, 0.5) is 0 Å². The predicted molar refractivity (Wildman–Crippen MR) is 89.7 cm³/mol. The fraction of sp³-hybridized carbons (Fsp3) is 0.944. The van der Waals surface area contributed by atoms with Crippen LogP contribution in [-0.4, -0.2) is 61.5 Å². The molecule has 1 amide bonds. The summed E-state index contributed by atoms with van der Waals surface area (Å²) in [4.78, 5) is 17.4. The number of rotatable bonds is 3. The van der Waals surface area contributed by atoms with Crippen LogP contribution in [0.3, 0.4) is 0 Å². The van der Waals surface area contributed by atoms with Crippen molar-refractivity contribution in [2.75, 3.05) is 45.8 Å². The van der Waals surface area contributed by atoms with Gasteiger partial charge in [0.1, 0.15) is 0 Å². The van der Waals surface area contributed by atoms with Crippen molar-refractivity contribution in [2.45, 2.75) is 46.0 Å². The Balaban J connectivity index is 1.44. The molecule has 0 aromatic heterocycles. The highest BCUT2D eigenvalue weighted by Crippen LogP contribution is 2.29. The topological polar surface area (TPSA) is 35.6 Å². The van der Waals surface area contributed by atoms with Gasteiger partial charge in [0.2, 0.25) is 5.91 Å². The molecule has 0 aromatic carbocycles. The summed E-state index contributed by atoms with van der Waals surface area (Å²) in [6, 6.07) is 0. The number of nitrogens with zero attached hydrogens (tertiary/aromatic N) is 2. The lowest BCUT2D eigenvalue weighted by Gasteiger charge is -2.39. The maximum Gasteiger partial charge on any atom is 0.225 e. The molecule has 0 bridgehead atoms. The molecule has 4 nitrogen and oxygen atoms in total. The van der Waals surface area contributed by atoms with Crippen LogP contribution >= 0.6 is 0 Å². The van der Waals surface area contributed by atoms with Gasteiger partial charge in [-0.1, -0.05) is 13.8 Å². The molecular weight excluding hydrogens is 274 g/mol. The molecule has 3 rings (SSSR count). The molecule has 3 aliphatic heterocycles. The highest BCUT2D eigenvalue weighted by Gasteiger charge is 2.34. The lowest BCUT2D eigenvalue weighted by molar-refractivity contribution is -0.138. The molecule has 4 heteroatoms. The van der Waals surface area contributed by atoms with Crippen LogP contribution in [0.25, 0.3) is 0 Å². The van der Waals surface area contributed by atoms with E-state index in [1.54, 1.807) is 0 Å². The SMILES string of the molecule is CC1CCN(C(=O)C2CCN(CC3(C)CCNC3)CC2)CC1. The Morgan fingerprint density at radius 1 is 1.14 bits per heavy atom. The predicted octanol–water partition coefficient (Wildman–Crippen LogP) is 1.96. The largest absolute Gasteiger partial charge is 0.342 e. The number of hydrogen-bond donors (Lipinski definition) is 1. The van der Waals surface area contributed by atoms with Crippen molar-refractivity contribution in [1.29, 1.82) is 0 Å². The summed E-state index contributed by atoms with van der Waals surface area (Å²) in [5, 5.41) is 3.49. The minimum Gasteiger partial charge on any atom is -0.342 e. The van der Waals surface area contributed by atoms with Gasteiger partial charge in [0, 0.05) is 32.1 Å². The maximum absolute atomic E-state index is 12.7. The molecule has 0 radical (unpaired) electrons. The van der Waals surface area contributed by atoms with Crippen LogP contribution in [-0.2, 0) is 4.79 Å². The Labute approximate surface area is 135 Å². The van der Waals surface area contributed by atoms with E-state index in [-0.39, 0.29) is 0 Å². The van der Waals surface area contributed by atoms with Crippen LogP contribution in [0.5, 0.6) is 0 Å². The molecular formula is C18H33N3O. The van der Waals surface area contributed by atoms with Crippen LogP contribution in [0.2, 0.25) is 0 Å². The second kappa shape index (κ2) is 6.88. The van der Waals surface area contributed by atoms with E-state index < -0.39 is 0 Å².